The molecule has 4 heteroatoms. The Morgan fingerprint density at radius 1 is 1.07 bits per heavy atom. The maximum atomic E-state index is 10.3. The molecule has 28 heavy (non-hydrogen) atoms. The van der Waals surface area contributed by atoms with E-state index in [9.17, 15) is 10.2 Å². The summed E-state index contributed by atoms with van der Waals surface area (Å²) >= 11 is 3.88. The summed E-state index contributed by atoms with van der Waals surface area (Å²) < 4.78 is 7.40. The lowest BCUT2D eigenvalue weighted by Crippen LogP contribution is -2.34. The van der Waals surface area contributed by atoms with Crippen LogP contribution in [0.3, 0.4) is 0 Å². The average Bonchev–Trinajstić information content (AvgIpc) is 3.20. The third kappa shape index (κ3) is 4.06. The van der Waals surface area contributed by atoms with Gasteiger partial charge in [0.15, 0.2) is 0 Å². The van der Waals surface area contributed by atoms with Gasteiger partial charge in [-0.3, -0.25) is 0 Å². The van der Waals surface area contributed by atoms with E-state index >= 15 is 0 Å². The van der Waals surface area contributed by atoms with Crippen molar-refractivity contribution in [1.82, 2.24) is 0 Å². The fourth-order valence-electron chi connectivity index (χ4n) is 4.67. The van der Waals surface area contributed by atoms with E-state index in [1.807, 2.05) is 0 Å². The summed E-state index contributed by atoms with van der Waals surface area (Å²) in [7, 11) is 0. The lowest BCUT2D eigenvalue weighted by Gasteiger charge is -2.34. The number of rotatable bonds is 5. The fourth-order valence-corrected chi connectivity index (χ4v) is 5.37. The summed E-state index contributed by atoms with van der Waals surface area (Å²) in [6, 6.07) is 11.1. The van der Waals surface area contributed by atoms with Crippen LogP contribution in [-0.4, -0.2) is 29.0 Å². The van der Waals surface area contributed by atoms with E-state index in [4.69, 9.17) is 4.74 Å². The zero-order chi connectivity index (χ0) is 19.7. The Morgan fingerprint density at radius 3 is 2.50 bits per heavy atom. The van der Waals surface area contributed by atoms with Crippen molar-refractivity contribution in [3.63, 3.8) is 0 Å². The monoisotopic (exact) mass is 444 g/mol. The Labute approximate surface area is 175 Å². The molecule has 0 aromatic heterocycles. The predicted molar refractivity (Wildman–Crippen MR) is 115 cm³/mol. The van der Waals surface area contributed by atoms with Gasteiger partial charge in [-0.2, -0.15) is 0 Å². The number of ether oxygens (including phenoxy) is 1. The fraction of sp³-hybridized carbons (Fsp3) is 0.500. The first-order valence-electron chi connectivity index (χ1n) is 10.4. The van der Waals surface area contributed by atoms with Crippen molar-refractivity contribution in [3.05, 3.63) is 68.2 Å². The van der Waals surface area contributed by atoms with Gasteiger partial charge in [0.2, 0.25) is 0 Å². The van der Waals surface area contributed by atoms with Crippen LogP contribution >= 0.6 is 15.9 Å². The molecule has 2 aromatic rings. The molecule has 3 unspecified atom stereocenters. The first kappa shape index (κ1) is 20.1. The number of hydrogen-bond donors (Lipinski definition) is 2. The van der Waals surface area contributed by atoms with Crippen molar-refractivity contribution < 1.29 is 14.9 Å². The minimum Gasteiger partial charge on any atom is -0.394 e. The molecule has 4 rings (SSSR count). The number of fused-ring (bicyclic) bond motifs is 1. The molecular weight excluding hydrogens is 416 g/mol. The van der Waals surface area contributed by atoms with Crippen LogP contribution in [0, 0.1) is 0 Å². The van der Waals surface area contributed by atoms with Crippen molar-refractivity contribution in [2.75, 3.05) is 6.61 Å². The van der Waals surface area contributed by atoms with Gasteiger partial charge in [0, 0.05) is 17.3 Å². The summed E-state index contributed by atoms with van der Waals surface area (Å²) in [5.74, 6) is 0. The van der Waals surface area contributed by atoms with Crippen LogP contribution in [0.5, 0.6) is 0 Å². The normalized spacial score (nSPS) is 24.4. The Morgan fingerprint density at radius 2 is 1.79 bits per heavy atom. The highest BCUT2D eigenvalue weighted by Crippen LogP contribution is 2.41. The molecule has 0 amide bonds. The number of aryl methyl sites for hydroxylation is 1. The zero-order valence-corrected chi connectivity index (χ0v) is 18.0. The van der Waals surface area contributed by atoms with Crippen molar-refractivity contribution >= 4 is 15.9 Å². The molecule has 0 radical (unpaired) electrons. The van der Waals surface area contributed by atoms with Crippen molar-refractivity contribution in [3.8, 4) is 0 Å². The van der Waals surface area contributed by atoms with Gasteiger partial charge in [-0.1, -0.05) is 53.2 Å². The molecule has 2 aromatic carbocycles. The van der Waals surface area contributed by atoms with Gasteiger partial charge in [0.1, 0.15) is 0 Å². The highest BCUT2D eigenvalue weighted by Gasteiger charge is 2.32. The third-order valence-corrected chi connectivity index (χ3v) is 7.18. The second-order valence-electron chi connectivity index (χ2n) is 8.15. The van der Waals surface area contributed by atoms with E-state index in [1.165, 1.54) is 37.9 Å². The van der Waals surface area contributed by atoms with Gasteiger partial charge in [0.25, 0.3) is 0 Å². The van der Waals surface area contributed by atoms with E-state index in [1.54, 1.807) is 0 Å². The first-order valence-corrected chi connectivity index (χ1v) is 11.2. The number of halogens is 1. The highest BCUT2D eigenvalue weighted by atomic mass is 79.9. The van der Waals surface area contributed by atoms with Crippen molar-refractivity contribution in [1.29, 1.82) is 0 Å². The van der Waals surface area contributed by atoms with Gasteiger partial charge in [-0.15, -0.1) is 0 Å². The van der Waals surface area contributed by atoms with Crippen LogP contribution in [0.4, 0.5) is 0 Å². The van der Waals surface area contributed by atoms with Crippen LogP contribution in [0.2, 0.25) is 0 Å². The molecule has 1 aliphatic heterocycles. The van der Waals surface area contributed by atoms with Gasteiger partial charge in [-0.25, -0.2) is 0 Å². The van der Waals surface area contributed by atoms with E-state index in [-0.39, 0.29) is 18.8 Å². The minimum absolute atomic E-state index is 0.0388. The van der Waals surface area contributed by atoms with Gasteiger partial charge in [-0.05, 0) is 65.5 Å². The second-order valence-corrected chi connectivity index (χ2v) is 8.94. The summed E-state index contributed by atoms with van der Waals surface area (Å²) in [4.78, 5) is 0. The summed E-state index contributed by atoms with van der Waals surface area (Å²) in [6.45, 7) is 2.14. The zero-order valence-electron chi connectivity index (χ0n) is 16.5. The molecule has 1 saturated heterocycles. The molecule has 2 aliphatic rings. The Balaban J connectivity index is 1.69. The van der Waals surface area contributed by atoms with Crippen LogP contribution in [0.1, 0.15) is 65.7 Å². The molecule has 150 valence electrons. The summed E-state index contributed by atoms with van der Waals surface area (Å²) in [6.07, 6.45) is 5.54. The molecule has 1 heterocycles. The van der Waals surface area contributed by atoms with Gasteiger partial charge < -0.3 is 14.9 Å². The van der Waals surface area contributed by atoms with Crippen LogP contribution in [-0.2, 0) is 30.4 Å². The number of aliphatic hydroxyl groups is 2. The smallest absolute Gasteiger partial charge is 0.0857 e. The third-order valence-electron chi connectivity index (χ3n) is 6.20. The molecule has 0 bridgehead atoms. The quantitative estimate of drug-likeness (QED) is 0.704. The lowest BCUT2D eigenvalue weighted by atomic mass is 9.89. The first-order chi connectivity index (χ1) is 13.6. The number of aliphatic hydroxyl groups excluding tert-OH is 2. The van der Waals surface area contributed by atoms with Crippen LogP contribution < -0.4 is 0 Å². The molecule has 1 fully saturated rings. The molecule has 2 N–H and O–H groups in total. The van der Waals surface area contributed by atoms with Crippen LogP contribution in [0.15, 0.2) is 34.8 Å². The number of hydrogen-bond acceptors (Lipinski definition) is 3. The molecule has 0 spiro atoms. The highest BCUT2D eigenvalue weighted by molar-refractivity contribution is 9.10. The standard InChI is InChI=1S/C24H29BrO3/c1-2-15-6-8-16(9-7-15)10-17-11-22(20-4-3-5-21(20)24(17)25)23-13-18(27)12-19(14-26)28-23/h6-9,11,18-19,23,26-27H,2-5,10,12-14H2,1H3. The Hall–Kier alpha value is -1.20. The van der Waals surface area contributed by atoms with E-state index < -0.39 is 6.10 Å². The van der Waals surface area contributed by atoms with Crippen molar-refractivity contribution in [2.24, 2.45) is 0 Å². The summed E-state index contributed by atoms with van der Waals surface area (Å²) in [5.41, 5.74) is 7.95. The average molecular weight is 445 g/mol. The van der Waals surface area contributed by atoms with Crippen LogP contribution in [0.25, 0.3) is 0 Å². The Bertz CT molecular complexity index is 831. The molecular formula is C24H29BrO3. The topological polar surface area (TPSA) is 49.7 Å². The van der Waals surface area contributed by atoms with E-state index in [0.717, 1.165) is 32.1 Å². The minimum atomic E-state index is -0.415. The molecule has 1 aliphatic carbocycles. The van der Waals surface area contributed by atoms with Gasteiger partial charge >= 0.3 is 0 Å². The second kappa shape index (κ2) is 8.66. The van der Waals surface area contributed by atoms with E-state index in [0.29, 0.717) is 12.8 Å². The molecule has 0 saturated carbocycles. The molecule has 3 nitrogen and oxygen atoms in total. The maximum absolute atomic E-state index is 10.3. The Kier molecular flexibility index (Phi) is 6.21. The SMILES string of the molecule is CCc1ccc(Cc2cc(C3CC(O)CC(CO)O3)c3c(c2Br)CCC3)cc1. The molecule has 3 atom stereocenters. The largest absolute Gasteiger partial charge is 0.394 e. The number of benzene rings is 2. The lowest BCUT2D eigenvalue weighted by molar-refractivity contribution is -0.114. The van der Waals surface area contributed by atoms with Gasteiger partial charge in [0.05, 0.1) is 24.9 Å². The predicted octanol–water partition coefficient (Wildman–Crippen LogP) is 4.66. The maximum Gasteiger partial charge on any atom is 0.0857 e. The van der Waals surface area contributed by atoms with E-state index in [2.05, 4.69) is 53.2 Å². The summed E-state index contributed by atoms with van der Waals surface area (Å²) in [5, 5.41) is 19.9. The van der Waals surface area contributed by atoms with Crippen molar-refractivity contribution in [2.45, 2.75) is 70.2 Å².